The zero-order valence-corrected chi connectivity index (χ0v) is 13.9. The molecule has 0 aromatic carbocycles. The molecule has 1 saturated heterocycles. The maximum atomic E-state index is 4.41. The lowest BCUT2D eigenvalue weighted by molar-refractivity contribution is 0.0671. The minimum atomic E-state index is 0.582. The van der Waals surface area contributed by atoms with E-state index in [1.807, 2.05) is 18.5 Å². The molecule has 1 aromatic rings. The van der Waals surface area contributed by atoms with Crippen LogP contribution < -0.4 is 5.32 Å². The van der Waals surface area contributed by atoms with E-state index >= 15 is 0 Å². The van der Waals surface area contributed by atoms with Gasteiger partial charge in [0.1, 0.15) is 5.82 Å². The zero-order valence-electron chi connectivity index (χ0n) is 13.9. The summed E-state index contributed by atoms with van der Waals surface area (Å²) in [4.78, 5) is 11.4. The maximum Gasteiger partial charge on any atom is 0.142 e. The average molecular weight is 290 g/mol. The van der Waals surface area contributed by atoms with Crippen LogP contribution in [0.15, 0.2) is 18.5 Å². The van der Waals surface area contributed by atoms with E-state index in [4.69, 9.17) is 0 Å². The van der Waals surface area contributed by atoms with Gasteiger partial charge in [0.2, 0.25) is 0 Å². The van der Waals surface area contributed by atoms with Crippen molar-refractivity contribution in [2.45, 2.75) is 59.2 Å². The second-order valence-electron chi connectivity index (χ2n) is 6.45. The Morgan fingerprint density at radius 2 is 1.86 bits per heavy atom. The van der Waals surface area contributed by atoms with Gasteiger partial charge in [-0.3, -0.25) is 4.90 Å². The zero-order chi connectivity index (χ0) is 15.2. The molecule has 0 aliphatic carbocycles. The van der Waals surface area contributed by atoms with Crippen molar-refractivity contribution in [2.24, 2.45) is 11.8 Å². The van der Waals surface area contributed by atoms with Gasteiger partial charge in [0.25, 0.3) is 0 Å². The highest BCUT2D eigenvalue weighted by atomic mass is 15.2. The molecule has 21 heavy (non-hydrogen) atoms. The molecule has 0 radical (unpaired) electrons. The lowest BCUT2D eigenvalue weighted by Crippen LogP contribution is -2.59. The van der Waals surface area contributed by atoms with Gasteiger partial charge >= 0.3 is 0 Å². The fraction of sp³-hybridized carbons (Fsp3) is 0.765. The largest absolute Gasteiger partial charge is 0.311 e. The third kappa shape index (κ3) is 4.24. The first kappa shape index (κ1) is 16.4. The van der Waals surface area contributed by atoms with Crippen LogP contribution in [0.2, 0.25) is 0 Å². The monoisotopic (exact) mass is 290 g/mol. The number of nitrogens with one attached hydrogen (secondary N) is 1. The summed E-state index contributed by atoms with van der Waals surface area (Å²) < 4.78 is 0. The molecule has 4 nitrogen and oxygen atoms in total. The molecule has 1 fully saturated rings. The predicted molar refractivity (Wildman–Crippen MR) is 86.9 cm³/mol. The van der Waals surface area contributed by atoms with E-state index in [-0.39, 0.29) is 0 Å². The van der Waals surface area contributed by atoms with Crippen molar-refractivity contribution < 1.29 is 0 Å². The molecule has 1 N–H and O–H groups in total. The minimum absolute atomic E-state index is 0.582. The fourth-order valence-corrected chi connectivity index (χ4v) is 3.13. The molecular weight excluding hydrogens is 260 g/mol. The molecule has 1 aromatic heterocycles. The van der Waals surface area contributed by atoms with E-state index in [0.717, 1.165) is 25.5 Å². The molecule has 0 amide bonds. The fourth-order valence-electron chi connectivity index (χ4n) is 3.13. The highest BCUT2D eigenvalue weighted by Crippen LogP contribution is 2.22. The van der Waals surface area contributed by atoms with Crippen molar-refractivity contribution in [2.75, 3.05) is 13.1 Å². The van der Waals surface area contributed by atoms with Gasteiger partial charge in [-0.25, -0.2) is 9.97 Å². The molecule has 0 saturated carbocycles. The summed E-state index contributed by atoms with van der Waals surface area (Å²) >= 11 is 0. The first-order valence-corrected chi connectivity index (χ1v) is 8.39. The Balaban J connectivity index is 2.09. The van der Waals surface area contributed by atoms with E-state index < -0.39 is 0 Å². The van der Waals surface area contributed by atoms with Crippen LogP contribution in [-0.4, -0.2) is 40.0 Å². The number of rotatable bonds is 6. The lowest BCUT2D eigenvalue weighted by Gasteiger charge is -2.44. The van der Waals surface area contributed by atoms with E-state index in [1.54, 1.807) is 0 Å². The van der Waals surface area contributed by atoms with Crippen molar-refractivity contribution in [1.29, 1.82) is 0 Å². The van der Waals surface area contributed by atoms with E-state index in [1.165, 1.54) is 12.8 Å². The normalized spacial score (nSPS) is 26.5. The van der Waals surface area contributed by atoms with E-state index in [9.17, 15) is 0 Å². The number of hydrogen-bond acceptors (Lipinski definition) is 4. The molecule has 118 valence electrons. The third-order valence-electron chi connectivity index (χ3n) is 5.08. The lowest BCUT2D eigenvalue weighted by atomic mass is 9.90. The number of aromatic nitrogens is 2. The van der Waals surface area contributed by atoms with Crippen LogP contribution in [0.25, 0.3) is 0 Å². The van der Waals surface area contributed by atoms with Crippen molar-refractivity contribution in [3.8, 4) is 0 Å². The number of hydrogen-bond donors (Lipinski definition) is 1. The second-order valence-corrected chi connectivity index (χ2v) is 6.45. The highest BCUT2D eigenvalue weighted by molar-refractivity contribution is 4.95. The maximum absolute atomic E-state index is 4.41. The molecule has 1 aliphatic rings. The van der Waals surface area contributed by atoms with Crippen molar-refractivity contribution in [3.05, 3.63) is 24.3 Å². The standard InChI is InChI=1S/C17H30N4/c1-5-13(3)15-11-21(12-17-18-8-7-9-19-17)16(10-20-15)14(4)6-2/h7-9,13-16,20H,5-6,10-12H2,1-4H3. The molecule has 2 heterocycles. The average Bonchev–Trinajstić information content (AvgIpc) is 2.54. The van der Waals surface area contributed by atoms with Gasteiger partial charge in [0, 0.05) is 37.6 Å². The summed E-state index contributed by atoms with van der Waals surface area (Å²) in [6.07, 6.45) is 6.12. The molecule has 1 aliphatic heterocycles. The van der Waals surface area contributed by atoms with Gasteiger partial charge < -0.3 is 5.32 Å². The van der Waals surface area contributed by atoms with Gasteiger partial charge in [0.15, 0.2) is 0 Å². The highest BCUT2D eigenvalue weighted by Gasteiger charge is 2.32. The van der Waals surface area contributed by atoms with Crippen LogP contribution in [0.5, 0.6) is 0 Å². The minimum Gasteiger partial charge on any atom is -0.311 e. The van der Waals surface area contributed by atoms with Gasteiger partial charge in [-0.05, 0) is 17.9 Å². The smallest absolute Gasteiger partial charge is 0.142 e. The number of nitrogens with zero attached hydrogens (tertiary/aromatic N) is 3. The molecule has 4 unspecified atom stereocenters. The molecular formula is C17H30N4. The molecule has 4 heteroatoms. The van der Waals surface area contributed by atoms with Gasteiger partial charge in [-0.15, -0.1) is 0 Å². The molecule has 2 rings (SSSR count). The predicted octanol–water partition coefficient (Wildman–Crippen LogP) is 2.71. The Bertz CT molecular complexity index is 409. The van der Waals surface area contributed by atoms with Crippen LogP contribution in [0.4, 0.5) is 0 Å². The van der Waals surface area contributed by atoms with Crippen LogP contribution in [0, 0.1) is 11.8 Å². The SMILES string of the molecule is CCC(C)C1CN(Cc2ncccn2)C(C(C)CC)CN1. The second kappa shape index (κ2) is 7.85. The topological polar surface area (TPSA) is 41.1 Å². The quantitative estimate of drug-likeness (QED) is 0.874. The summed E-state index contributed by atoms with van der Waals surface area (Å²) in [6, 6.07) is 3.05. The summed E-state index contributed by atoms with van der Waals surface area (Å²) in [5, 5.41) is 3.77. The molecule has 0 spiro atoms. The first-order chi connectivity index (χ1) is 10.2. The van der Waals surface area contributed by atoms with Crippen LogP contribution in [0.3, 0.4) is 0 Å². The van der Waals surface area contributed by atoms with Crippen molar-refractivity contribution in [3.63, 3.8) is 0 Å². The summed E-state index contributed by atoms with van der Waals surface area (Å²) in [5.74, 6) is 2.34. The molecule has 4 atom stereocenters. The van der Waals surface area contributed by atoms with Crippen molar-refractivity contribution in [1.82, 2.24) is 20.2 Å². The first-order valence-electron chi connectivity index (χ1n) is 8.39. The summed E-state index contributed by atoms with van der Waals surface area (Å²) in [7, 11) is 0. The van der Waals surface area contributed by atoms with Crippen LogP contribution in [0.1, 0.15) is 46.4 Å². The Morgan fingerprint density at radius 1 is 1.19 bits per heavy atom. The Morgan fingerprint density at radius 3 is 2.48 bits per heavy atom. The summed E-state index contributed by atoms with van der Waals surface area (Å²) in [5.41, 5.74) is 0. The van der Waals surface area contributed by atoms with E-state index in [0.29, 0.717) is 23.9 Å². The van der Waals surface area contributed by atoms with Crippen LogP contribution in [-0.2, 0) is 6.54 Å². The third-order valence-corrected chi connectivity index (χ3v) is 5.08. The van der Waals surface area contributed by atoms with Gasteiger partial charge in [-0.1, -0.05) is 40.5 Å². The number of piperazine rings is 1. The summed E-state index contributed by atoms with van der Waals surface area (Å²) in [6.45, 7) is 12.3. The van der Waals surface area contributed by atoms with Crippen molar-refractivity contribution >= 4 is 0 Å². The Kier molecular flexibility index (Phi) is 6.12. The van der Waals surface area contributed by atoms with E-state index in [2.05, 4.69) is 47.9 Å². The Labute approximate surface area is 129 Å². The molecule has 0 bridgehead atoms. The van der Waals surface area contributed by atoms with Gasteiger partial charge in [0.05, 0.1) is 6.54 Å². The van der Waals surface area contributed by atoms with Gasteiger partial charge in [-0.2, -0.15) is 0 Å². The van der Waals surface area contributed by atoms with Crippen LogP contribution >= 0.6 is 0 Å². The Hall–Kier alpha value is -1.00.